The van der Waals surface area contributed by atoms with E-state index in [0.29, 0.717) is 12.2 Å². The SMILES string of the molecule is CC(C)(C)c1cc(CCC(=O)O)cc(C(C)(C)C)c1O.[Ni+2]. The van der Waals surface area contributed by atoms with Crippen LogP contribution in [0, 0.1) is 0 Å². The second kappa shape index (κ2) is 6.83. The van der Waals surface area contributed by atoms with Crippen LogP contribution < -0.4 is 0 Å². The Morgan fingerprint density at radius 3 is 1.67 bits per heavy atom. The second-order valence-corrected chi connectivity index (χ2v) is 7.43. The Kier molecular flexibility index (Phi) is 6.50. The van der Waals surface area contributed by atoms with Crippen molar-refractivity contribution in [2.24, 2.45) is 0 Å². The van der Waals surface area contributed by atoms with E-state index in [1.54, 1.807) is 0 Å². The summed E-state index contributed by atoms with van der Waals surface area (Å²) in [5.41, 5.74) is 2.38. The monoisotopic (exact) mass is 336 g/mol. The number of aliphatic carboxylic acids is 1. The number of carboxylic acids is 1. The zero-order valence-corrected chi connectivity index (χ0v) is 14.7. The van der Waals surface area contributed by atoms with E-state index in [9.17, 15) is 9.90 Å². The van der Waals surface area contributed by atoms with Gasteiger partial charge in [-0.05, 0) is 33.9 Å². The summed E-state index contributed by atoms with van der Waals surface area (Å²) < 4.78 is 0. The molecular weight excluding hydrogens is 311 g/mol. The van der Waals surface area contributed by atoms with Crippen LogP contribution in [0.2, 0.25) is 0 Å². The summed E-state index contributed by atoms with van der Waals surface area (Å²) in [4.78, 5) is 10.8. The minimum Gasteiger partial charge on any atom is -0.507 e. The van der Waals surface area contributed by atoms with Crippen LogP contribution in [0.15, 0.2) is 12.1 Å². The summed E-state index contributed by atoms with van der Waals surface area (Å²) in [5, 5.41) is 19.4. The van der Waals surface area contributed by atoms with Crippen molar-refractivity contribution in [2.75, 3.05) is 0 Å². The number of carboxylic acid groups (broad SMARTS) is 1. The Balaban J connectivity index is 0.00000400. The first-order valence-corrected chi connectivity index (χ1v) is 7.01. The van der Waals surface area contributed by atoms with Crippen LogP contribution in [0.4, 0.5) is 0 Å². The molecule has 21 heavy (non-hydrogen) atoms. The fraction of sp³-hybridized carbons (Fsp3) is 0.588. The predicted molar refractivity (Wildman–Crippen MR) is 81.5 cm³/mol. The molecule has 3 nitrogen and oxygen atoms in total. The van der Waals surface area contributed by atoms with Gasteiger partial charge in [-0.25, -0.2) is 0 Å². The quantitative estimate of drug-likeness (QED) is 0.820. The molecule has 0 unspecified atom stereocenters. The van der Waals surface area contributed by atoms with E-state index in [0.717, 1.165) is 16.7 Å². The van der Waals surface area contributed by atoms with Gasteiger partial charge in [0.1, 0.15) is 5.75 Å². The van der Waals surface area contributed by atoms with Gasteiger partial charge in [-0.3, -0.25) is 4.79 Å². The number of rotatable bonds is 3. The topological polar surface area (TPSA) is 57.5 Å². The van der Waals surface area contributed by atoms with Crippen molar-refractivity contribution in [3.05, 3.63) is 28.8 Å². The van der Waals surface area contributed by atoms with Crippen LogP contribution in [-0.4, -0.2) is 16.2 Å². The molecule has 0 saturated heterocycles. The third-order valence-electron chi connectivity index (χ3n) is 3.41. The summed E-state index contributed by atoms with van der Waals surface area (Å²) in [6.45, 7) is 12.3. The van der Waals surface area contributed by atoms with Crippen molar-refractivity contribution in [3.63, 3.8) is 0 Å². The van der Waals surface area contributed by atoms with Crippen LogP contribution in [0.25, 0.3) is 0 Å². The number of phenolic OH excluding ortho intramolecular Hbond substituents is 1. The molecule has 0 bridgehead atoms. The molecule has 0 saturated carbocycles. The Morgan fingerprint density at radius 1 is 1.00 bits per heavy atom. The number of hydrogen-bond acceptors (Lipinski definition) is 2. The number of aryl methyl sites for hydroxylation is 1. The number of carbonyl (C=O) groups is 1. The van der Waals surface area contributed by atoms with Crippen LogP contribution in [0.1, 0.15) is 64.7 Å². The van der Waals surface area contributed by atoms with Crippen molar-refractivity contribution in [1.29, 1.82) is 0 Å². The van der Waals surface area contributed by atoms with Crippen molar-refractivity contribution in [2.45, 2.75) is 65.2 Å². The predicted octanol–water partition coefficient (Wildman–Crippen LogP) is 4.00. The summed E-state index contributed by atoms with van der Waals surface area (Å²) in [6, 6.07) is 3.88. The Morgan fingerprint density at radius 2 is 1.38 bits per heavy atom. The number of benzene rings is 1. The molecule has 0 aromatic heterocycles. The molecule has 0 atom stereocenters. The van der Waals surface area contributed by atoms with Crippen molar-refractivity contribution < 1.29 is 31.5 Å². The molecule has 0 amide bonds. The molecule has 0 aliphatic carbocycles. The van der Waals surface area contributed by atoms with E-state index in [4.69, 9.17) is 5.11 Å². The van der Waals surface area contributed by atoms with E-state index in [1.165, 1.54) is 0 Å². The average Bonchev–Trinajstić information content (AvgIpc) is 2.24. The Labute approximate surface area is 137 Å². The summed E-state index contributed by atoms with van der Waals surface area (Å²) in [7, 11) is 0. The van der Waals surface area contributed by atoms with Crippen LogP contribution >= 0.6 is 0 Å². The minimum absolute atomic E-state index is 0. The molecule has 4 heteroatoms. The van der Waals surface area contributed by atoms with Gasteiger partial charge < -0.3 is 10.2 Å². The zero-order chi connectivity index (χ0) is 15.7. The van der Waals surface area contributed by atoms with Gasteiger partial charge in [-0.1, -0.05) is 53.7 Å². The average molecular weight is 337 g/mol. The maximum absolute atomic E-state index is 10.8. The second-order valence-electron chi connectivity index (χ2n) is 7.43. The van der Waals surface area contributed by atoms with Crippen LogP contribution in [0.5, 0.6) is 5.75 Å². The van der Waals surface area contributed by atoms with Crippen LogP contribution in [0.3, 0.4) is 0 Å². The minimum atomic E-state index is -0.798. The van der Waals surface area contributed by atoms with E-state index in [1.807, 2.05) is 12.1 Å². The first-order chi connectivity index (χ1) is 8.93. The third-order valence-corrected chi connectivity index (χ3v) is 3.41. The van der Waals surface area contributed by atoms with Crippen LogP contribution in [-0.2, 0) is 38.5 Å². The van der Waals surface area contributed by atoms with Gasteiger partial charge in [0, 0.05) is 6.42 Å². The summed E-state index contributed by atoms with van der Waals surface area (Å²) >= 11 is 0. The fourth-order valence-electron chi connectivity index (χ4n) is 2.23. The first-order valence-electron chi connectivity index (χ1n) is 7.01. The molecule has 1 aromatic carbocycles. The molecule has 1 aromatic rings. The van der Waals surface area contributed by atoms with Gasteiger partial charge in [0.25, 0.3) is 0 Å². The number of hydrogen-bond donors (Lipinski definition) is 2. The molecule has 0 fully saturated rings. The first kappa shape index (κ1) is 20.0. The smallest absolute Gasteiger partial charge is 0.507 e. The van der Waals surface area contributed by atoms with Gasteiger partial charge in [-0.2, -0.15) is 0 Å². The molecule has 0 aliphatic rings. The largest absolute Gasteiger partial charge is 2.00 e. The molecule has 120 valence electrons. The third kappa shape index (κ3) is 5.35. The van der Waals surface area contributed by atoms with Gasteiger partial charge >= 0.3 is 22.5 Å². The molecule has 0 spiro atoms. The molecule has 0 radical (unpaired) electrons. The summed E-state index contributed by atoms with van der Waals surface area (Å²) in [5.74, 6) is -0.461. The van der Waals surface area contributed by atoms with Gasteiger partial charge in [0.05, 0.1) is 0 Å². The number of phenols is 1. The Hall–Kier alpha value is -1.02. The molecule has 0 heterocycles. The van der Waals surface area contributed by atoms with E-state index >= 15 is 0 Å². The van der Waals surface area contributed by atoms with Gasteiger partial charge in [-0.15, -0.1) is 0 Å². The Bertz CT molecular complexity index is 473. The van der Waals surface area contributed by atoms with Crippen molar-refractivity contribution >= 4 is 5.97 Å². The molecule has 0 aliphatic heterocycles. The maximum Gasteiger partial charge on any atom is 2.00 e. The van der Waals surface area contributed by atoms with Crippen molar-refractivity contribution in [1.82, 2.24) is 0 Å². The standard InChI is InChI=1S/C17H26O3.Ni/c1-16(2,3)12-9-11(7-8-14(18)19)10-13(15(12)20)17(4,5)6;/h9-10,20H,7-8H2,1-6H3,(H,18,19);/q;+2. The fourth-order valence-corrected chi connectivity index (χ4v) is 2.23. The maximum atomic E-state index is 10.8. The molecule has 1 rings (SSSR count). The summed E-state index contributed by atoms with van der Waals surface area (Å²) in [6.07, 6.45) is 0.597. The van der Waals surface area contributed by atoms with Gasteiger partial charge in [0.15, 0.2) is 0 Å². The van der Waals surface area contributed by atoms with E-state index in [2.05, 4.69) is 41.5 Å². The zero-order valence-electron chi connectivity index (χ0n) is 13.7. The van der Waals surface area contributed by atoms with Crippen molar-refractivity contribution in [3.8, 4) is 5.75 Å². The van der Waals surface area contributed by atoms with Gasteiger partial charge in [0.2, 0.25) is 0 Å². The van der Waals surface area contributed by atoms with E-state index < -0.39 is 5.97 Å². The normalized spacial score (nSPS) is 11.9. The molecular formula is C17H26NiO3+2. The molecule has 2 N–H and O–H groups in total. The van der Waals surface area contributed by atoms with E-state index in [-0.39, 0.29) is 33.7 Å². The number of aromatic hydroxyl groups is 1.